The first-order valence-corrected chi connectivity index (χ1v) is 6.26. The largest absolute Gasteiger partial charge is 0.388 e. The third-order valence-electron chi connectivity index (χ3n) is 3.69. The molecule has 0 spiro atoms. The van der Waals surface area contributed by atoms with Gasteiger partial charge in [0, 0.05) is 11.6 Å². The van der Waals surface area contributed by atoms with Crippen molar-refractivity contribution in [3.63, 3.8) is 0 Å². The Balaban J connectivity index is 2.91. The molecule has 0 heterocycles. The molecule has 1 rings (SSSR count). The predicted octanol–water partition coefficient (Wildman–Crippen LogP) is 4.38. The zero-order valence-electron chi connectivity index (χ0n) is 11.7. The molecular formula is C15H22F2O. The van der Waals surface area contributed by atoms with Gasteiger partial charge in [0.1, 0.15) is 11.6 Å². The highest BCUT2D eigenvalue weighted by molar-refractivity contribution is 5.27. The van der Waals surface area contributed by atoms with Crippen LogP contribution in [0.5, 0.6) is 0 Å². The molecule has 0 saturated heterocycles. The Morgan fingerprint density at radius 3 is 2.22 bits per heavy atom. The number of benzene rings is 1. The second kappa shape index (κ2) is 5.35. The molecule has 0 saturated carbocycles. The molecule has 0 amide bonds. The van der Waals surface area contributed by atoms with Gasteiger partial charge in [-0.2, -0.15) is 0 Å². The van der Waals surface area contributed by atoms with E-state index in [2.05, 4.69) is 20.8 Å². The van der Waals surface area contributed by atoms with Crippen molar-refractivity contribution in [3.05, 3.63) is 34.9 Å². The Labute approximate surface area is 108 Å². The Morgan fingerprint density at radius 2 is 1.72 bits per heavy atom. The minimum Gasteiger partial charge on any atom is -0.388 e. The van der Waals surface area contributed by atoms with E-state index >= 15 is 0 Å². The lowest BCUT2D eigenvalue weighted by Gasteiger charge is -2.29. The number of aliphatic hydroxyl groups is 1. The van der Waals surface area contributed by atoms with Crippen LogP contribution in [0.15, 0.2) is 12.1 Å². The van der Waals surface area contributed by atoms with Gasteiger partial charge in [-0.05, 0) is 36.3 Å². The highest BCUT2D eigenvalue weighted by atomic mass is 19.1. The lowest BCUT2D eigenvalue weighted by molar-refractivity contribution is 0.107. The highest BCUT2D eigenvalue weighted by Crippen LogP contribution is 2.34. The number of hydrogen-bond donors (Lipinski definition) is 1. The zero-order chi connectivity index (χ0) is 14.1. The monoisotopic (exact) mass is 256 g/mol. The van der Waals surface area contributed by atoms with Crippen LogP contribution < -0.4 is 0 Å². The van der Waals surface area contributed by atoms with E-state index in [9.17, 15) is 13.9 Å². The molecule has 0 aliphatic heterocycles. The summed E-state index contributed by atoms with van der Waals surface area (Å²) in [5.74, 6) is -1.02. The maximum atomic E-state index is 13.6. The van der Waals surface area contributed by atoms with Crippen molar-refractivity contribution < 1.29 is 13.9 Å². The van der Waals surface area contributed by atoms with Gasteiger partial charge in [-0.1, -0.05) is 27.7 Å². The Hall–Kier alpha value is -0.960. The van der Waals surface area contributed by atoms with Gasteiger partial charge in [0.15, 0.2) is 0 Å². The van der Waals surface area contributed by atoms with Crippen LogP contribution in [0.1, 0.15) is 51.3 Å². The molecule has 0 aliphatic rings. The Morgan fingerprint density at radius 1 is 1.17 bits per heavy atom. The molecular weight excluding hydrogens is 234 g/mol. The third-order valence-corrected chi connectivity index (χ3v) is 3.69. The second-order valence-corrected chi connectivity index (χ2v) is 6.14. The fourth-order valence-electron chi connectivity index (χ4n) is 1.75. The van der Waals surface area contributed by atoms with E-state index in [1.165, 1.54) is 6.07 Å². The summed E-state index contributed by atoms with van der Waals surface area (Å²) >= 11 is 0. The molecule has 0 bridgehead atoms. The summed E-state index contributed by atoms with van der Waals surface area (Å²) in [6.45, 7) is 9.83. The second-order valence-electron chi connectivity index (χ2n) is 6.14. The summed E-state index contributed by atoms with van der Waals surface area (Å²) in [6.07, 6.45) is -0.426. The summed E-state index contributed by atoms with van der Waals surface area (Å²) in [7, 11) is 0. The van der Waals surface area contributed by atoms with Crippen LogP contribution >= 0.6 is 0 Å². The van der Waals surface area contributed by atoms with E-state index in [-0.39, 0.29) is 16.9 Å². The smallest absolute Gasteiger partial charge is 0.131 e. The van der Waals surface area contributed by atoms with Crippen LogP contribution in [-0.2, 0) is 0 Å². The third kappa shape index (κ3) is 3.52. The first-order valence-electron chi connectivity index (χ1n) is 6.26. The van der Waals surface area contributed by atoms with Crippen LogP contribution in [0.2, 0.25) is 0 Å². The van der Waals surface area contributed by atoms with E-state index in [0.29, 0.717) is 12.0 Å². The molecule has 1 aromatic rings. The van der Waals surface area contributed by atoms with Crippen molar-refractivity contribution >= 4 is 0 Å². The molecule has 0 radical (unpaired) electrons. The fourth-order valence-corrected chi connectivity index (χ4v) is 1.75. The number of hydrogen-bond acceptors (Lipinski definition) is 1. The van der Waals surface area contributed by atoms with Gasteiger partial charge in [-0.3, -0.25) is 0 Å². The molecule has 0 aliphatic carbocycles. The lowest BCUT2D eigenvalue weighted by atomic mass is 9.78. The first-order chi connectivity index (χ1) is 8.12. The molecule has 3 heteroatoms. The van der Waals surface area contributed by atoms with Crippen molar-refractivity contribution in [2.75, 3.05) is 0 Å². The lowest BCUT2D eigenvalue weighted by Crippen LogP contribution is -2.20. The highest BCUT2D eigenvalue weighted by Gasteiger charge is 2.25. The molecule has 1 N–H and O–H groups in total. The van der Waals surface area contributed by atoms with E-state index in [0.717, 1.165) is 6.07 Å². The van der Waals surface area contributed by atoms with Gasteiger partial charge in [0.05, 0.1) is 6.10 Å². The minimum absolute atomic E-state index is 0.0481. The summed E-state index contributed by atoms with van der Waals surface area (Å²) < 4.78 is 26.8. The van der Waals surface area contributed by atoms with Gasteiger partial charge in [0.25, 0.3) is 0 Å². The standard InChI is InChI=1S/C15H22F2O/c1-9-6-11(13(17)8-12(9)16)14(18)7-10(2)15(3,4)5/h6,8,10,14,18H,7H2,1-5H3. The van der Waals surface area contributed by atoms with Gasteiger partial charge >= 0.3 is 0 Å². The van der Waals surface area contributed by atoms with Crippen molar-refractivity contribution in [1.82, 2.24) is 0 Å². The van der Waals surface area contributed by atoms with Gasteiger partial charge < -0.3 is 5.11 Å². The summed E-state index contributed by atoms with van der Waals surface area (Å²) in [6, 6.07) is 2.24. The maximum Gasteiger partial charge on any atom is 0.131 e. The number of aryl methyl sites for hydroxylation is 1. The van der Waals surface area contributed by atoms with Crippen molar-refractivity contribution in [1.29, 1.82) is 0 Å². The first kappa shape index (κ1) is 15.1. The molecule has 1 nitrogen and oxygen atoms in total. The maximum absolute atomic E-state index is 13.6. The van der Waals surface area contributed by atoms with Crippen LogP contribution in [0.4, 0.5) is 8.78 Å². The summed E-state index contributed by atoms with van der Waals surface area (Å²) in [4.78, 5) is 0. The van der Waals surface area contributed by atoms with Crippen LogP contribution in [0.25, 0.3) is 0 Å². The molecule has 1 aromatic carbocycles. The molecule has 2 unspecified atom stereocenters. The quantitative estimate of drug-likeness (QED) is 0.851. The van der Waals surface area contributed by atoms with Gasteiger partial charge in [0.2, 0.25) is 0 Å². The fraction of sp³-hybridized carbons (Fsp3) is 0.600. The van der Waals surface area contributed by atoms with E-state index in [1.807, 2.05) is 6.92 Å². The zero-order valence-corrected chi connectivity index (χ0v) is 11.7. The Kier molecular flexibility index (Phi) is 4.49. The SMILES string of the molecule is Cc1cc(C(O)CC(C)C(C)(C)C)c(F)cc1F. The average molecular weight is 256 g/mol. The molecule has 18 heavy (non-hydrogen) atoms. The van der Waals surface area contributed by atoms with Crippen LogP contribution in [0, 0.1) is 29.9 Å². The summed E-state index contributed by atoms with van der Waals surface area (Å²) in [5.41, 5.74) is 0.589. The summed E-state index contributed by atoms with van der Waals surface area (Å²) in [5, 5.41) is 10.1. The van der Waals surface area contributed by atoms with Crippen LogP contribution in [0.3, 0.4) is 0 Å². The van der Waals surface area contributed by atoms with Crippen molar-refractivity contribution in [2.24, 2.45) is 11.3 Å². The molecule has 0 fully saturated rings. The number of halogens is 2. The van der Waals surface area contributed by atoms with Crippen molar-refractivity contribution in [2.45, 2.75) is 47.1 Å². The Bertz CT molecular complexity index is 421. The molecule has 102 valence electrons. The number of rotatable bonds is 3. The van der Waals surface area contributed by atoms with E-state index < -0.39 is 17.7 Å². The van der Waals surface area contributed by atoms with Gasteiger partial charge in [-0.15, -0.1) is 0 Å². The van der Waals surface area contributed by atoms with Gasteiger partial charge in [-0.25, -0.2) is 8.78 Å². The average Bonchev–Trinajstić information content (AvgIpc) is 2.21. The minimum atomic E-state index is -0.890. The van der Waals surface area contributed by atoms with E-state index in [4.69, 9.17) is 0 Å². The van der Waals surface area contributed by atoms with E-state index in [1.54, 1.807) is 6.92 Å². The molecule has 0 aromatic heterocycles. The number of aliphatic hydroxyl groups excluding tert-OH is 1. The van der Waals surface area contributed by atoms with Crippen molar-refractivity contribution in [3.8, 4) is 0 Å². The predicted molar refractivity (Wildman–Crippen MR) is 69.3 cm³/mol. The topological polar surface area (TPSA) is 20.2 Å². The molecule has 2 atom stereocenters. The van der Waals surface area contributed by atoms with Crippen LogP contribution in [-0.4, -0.2) is 5.11 Å². The normalized spacial score (nSPS) is 15.6.